The van der Waals surface area contributed by atoms with Gasteiger partial charge in [0.2, 0.25) is 0 Å². The summed E-state index contributed by atoms with van der Waals surface area (Å²) in [5.74, 6) is 0. The zero-order valence-electron chi connectivity index (χ0n) is 46.2. The second-order valence-corrected chi connectivity index (χ2v) is 29.0. The summed E-state index contributed by atoms with van der Waals surface area (Å²) in [5, 5.41) is 1.34. The molecule has 0 N–H and O–H groups in total. The Morgan fingerprint density at radius 3 is 1.46 bits per heavy atom. The molecule has 2 nitrogen and oxygen atoms in total. The first kappa shape index (κ1) is 48.6. The first-order valence-electron chi connectivity index (χ1n) is 26.3. The van der Waals surface area contributed by atoms with Crippen molar-refractivity contribution in [3.8, 4) is 11.1 Å². The Morgan fingerprint density at radius 2 is 0.914 bits per heavy atom. The normalized spacial score (nSPS) is 16.5. The average Bonchev–Trinajstić information content (AvgIpc) is 3.64. The Bertz CT molecular complexity index is 3220. The Balaban J connectivity index is 1.37. The topological polar surface area (TPSA) is 6.48 Å². The van der Waals surface area contributed by atoms with Crippen LogP contribution in [0.4, 0.5) is 34.1 Å². The van der Waals surface area contributed by atoms with E-state index in [2.05, 4.69) is 251 Å². The Morgan fingerprint density at radius 1 is 0.443 bits per heavy atom. The largest absolute Gasteiger partial charge is 0.311 e. The molecule has 0 saturated carbocycles. The van der Waals surface area contributed by atoms with Crippen molar-refractivity contribution in [2.45, 2.75) is 182 Å². The van der Waals surface area contributed by atoms with Crippen LogP contribution in [0.2, 0.25) is 0 Å². The van der Waals surface area contributed by atoms with E-state index in [0.29, 0.717) is 0 Å². The predicted molar refractivity (Wildman–Crippen MR) is 310 cm³/mol. The Labute approximate surface area is 427 Å². The highest BCUT2D eigenvalue weighted by atomic mass is 32.1. The molecule has 0 spiro atoms. The van der Waals surface area contributed by atoms with Crippen molar-refractivity contribution in [2.75, 3.05) is 9.80 Å². The maximum absolute atomic E-state index is 2.73. The maximum Gasteiger partial charge on any atom is 0.264 e. The van der Waals surface area contributed by atoms with Crippen molar-refractivity contribution < 1.29 is 0 Å². The monoisotopic (exact) mass is 943 g/mol. The fraction of sp³-hybridized carbons (Fsp3) is 0.424. The van der Waals surface area contributed by atoms with Gasteiger partial charge in [-0.05, 0) is 161 Å². The lowest BCUT2D eigenvalue weighted by molar-refractivity contribution is 0.332. The minimum absolute atomic E-state index is 0.00429. The molecule has 1 aromatic heterocycles. The first-order chi connectivity index (χ1) is 32.3. The third kappa shape index (κ3) is 7.98. The zero-order valence-corrected chi connectivity index (χ0v) is 47.0. The van der Waals surface area contributed by atoms with Gasteiger partial charge in [0.1, 0.15) is 0 Å². The van der Waals surface area contributed by atoms with Gasteiger partial charge >= 0.3 is 0 Å². The van der Waals surface area contributed by atoms with E-state index >= 15 is 0 Å². The maximum atomic E-state index is 2.73. The molecular formula is C66H79BN2S. The fourth-order valence-corrected chi connectivity index (χ4v) is 13.0. The van der Waals surface area contributed by atoms with Gasteiger partial charge in [-0.1, -0.05) is 186 Å². The number of nitrogens with zero attached hydrogens (tertiary/aromatic N) is 2. The average molecular weight is 943 g/mol. The zero-order chi connectivity index (χ0) is 50.6. The number of thiophene rings is 1. The summed E-state index contributed by atoms with van der Waals surface area (Å²) in [4.78, 5) is 5.41. The minimum atomic E-state index is -0.130. The molecule has 10 rings (SSSR count). The van der Waals surface area contributed by atoms with Crippen LogP contribution in [0.3, 0.4) is 0 Å². The van der Waals surface area contributed by atoms with Gasteiger partial charge in [0.05, 0.1) is 11.4 Å². The van der Waals surface area contributed by atoms with Crippen LogP contribution in [0.5, 0.6) is 0 Å². The quantitative estimate of drug-likeness (QED) is 0.163. The molecule has 0 radical (unpaired) electrons. The molecule has 362 valence electrons. The predicted octanol–water partition coefficient (Wildman–Crippen LogP) is 17.5. The molecule has 1 aliphatic carbocycles. The SMILES string of the molecule is CC(C)(C)c1ccc(-c2cc3c(cc2N2c4ccc(C(C)(C)C)cc4B4c5sc6ccc(C(C)(C)C)cc6c5N(c5ccc(C(C)(C)C)cc5)c5cc(C(C)(C)C)cc2c54)C(C)(C)CCC3(C)C)cc1. The highest BCUT2D eigenvalue weighted by molar-refractivity contribution is 7.33. The lowest BCUT2D eigenvalue weighted by atomic mass is 9.36. The molecular weight excluding hydrogens is 864 g/mol. The van der Waals surface area contributed by atoms with Crippen molar-refractivity contribution in [3.05, 3.63) is 148 Å². The molecule has 7 aromatic rings. The van der Waals surface area contributed by atoms with Crippen LogP contribution in [0, 0.1) is 0 Å². The van der Waals surface area contributed by atoms with Gasteiger partial charge in [-0.25, -0.2) is 0 Å². The minimum Gasteiger partial charge on any atom is -0.311 e. The van der Waals surface area contributed by atoms with Gasteiger partial charge in [0.25, 0.3) is 6.71 Å². The molecule has 0 fully saturated rings. The number of rotatable bonds is 3. The van der Waals surface area contributed by atoms with Gasteiger partial charge in [0, 0.05) is 43.2 Å². The molecule has 3 aliphatic rings. The van der Waals surface area contributed by atoms with E-state index in [1.165, 1.54) is 116 Å². The molecule has 0 atom stereocenters. The van der Waals surface area contributed by atoms with Gasteiger partial charge in [-0.3, -0.25) is 0 Å². The highest BCUT2D eigenvalue weighted by Crippen LogP contribution is 2.55. The van der Waals surface area contributed by atoms with Crippen LogP contribution in [0.15, 0.2) is 109 Å². The number of anilines is 6. The summed E-state index contributed by atoms with van der Waals surface area (Å²) in [6.45, 7) is 45.2. The standard InChI is InChI=1S/C66H79BN2S/c1-60(2,3)41-22-20-40(21-23-41)47-38-49-50(66(18,19)33-32-65(49,16)17)39-53(47)69-52-30-26-44(63(10,11)12)35-51(52)67-57-54(36-45(37-55(57)69)64(13,14)15)68(46-28-24-42(25-29-46)61(4,5)6)58-48-34-43(62(7,8)9)27-31-56(48)70-59(58)67/h20-31,34-39H,32-33H2,1-19H3. The van der Waals surface area contributed by atoms with Gasteiger partial charge < -0.3 is 9.80 Å². The van der Waals surface area contributed by atoms with Gasteiger partial charge in [-0.15, -0.1) is 11.3 Å². The van der Waals surface area contributed by atoms with Crippen molar-refractivity contribution in [1.82, 2.24) is 0 Å². The summed E-state index contributed by atoms with van der Waals surface area (Å²) >= 11 is 2.01. The Kier molecular flexibility index (Phi) is 10.9. The highest BCUT2D eigenvalue weighted by Gasteiger charge is 2.48. The number of benzene rings is 6. The van der Waals surface area contributed by atoms with Crippen LogP contribution in [0.25, 0.3) is 21.2 Å². The molecule has 0 bridgehead atoms. The van der Waals surface area contributed by atoms with E-state index in [9.17, 15) is 0 Å². The number of hydrogen-bond acceptors (Lipinski definition) is 3. The van der Waals surface area contributed by atoms with E-state index < -0.39 is 0 Å². The molecule has 2 aliphatic heterocycles. The second kappa shape index (κ2) is 15.7. The molecule has 0 amide bonds. The summed E-state index contributed by atoms with van der Waals surface area (Å²) in [7, 11) is 0. The van der Waals surface area contributed by atoms with Crippen LogP contribution >= 0.6 is 11.3 Å². The number of hydrogen-bond donors (Lipinski definition) is 0. The summed E-state index contributed by atoms with van der Waals surface area (Å²) in [6.07, 6.45) is 2.32. The first-order valence-corrected chi connectivity index (χ1v) is 27.1. The van der Waals surface area contributed by atoms with Gasteiger partial charge in [-0.2, -0.15) is 0 Å². The van der Waals surface area contributed by atoms with Crippen LogP contribution in [-0.4, -0.2) is 6.71 Å². The molecule has 0 unspecified atom stereocenters. The lowest BCUT2D eigenvalue weighted by Gasteiger charge is -2.46. The van der Waals surface area contributed by atoms with Crippen LogP contribution in [-0.2, 0) is 37.9 Å². The van der Waals surface area contributed by atoms with Crippen molar-refractivity contribution in [3.63, 3.8) is 0 Å². The molecule has 0 saturated heterocycles. The summed E-state index contributed by atoms with van der Waals surface area (Å²) < 4.78 is 2.77. The third-order valence-electron chi connectivity index (χ3n) is 16.5. The van der Waals surface area contributed by atoms with Crippen molar-refractivity contribution in [2.24, 2.45) is 0 Å². The fourth-order valence-electron chi connectivity index (χ4n) is 11.7. The van der Waals surface area contributed by atoms with E-state index in [0.717, 1.165) is 6.42 Å². The second-order valence-electron chi connectivity index (χ2n) is 27.9. The van der Waals surface area contributed by atoms with E-state index in [-0.39, 0.29) is 44.6 Å². The van der Waals surface area contributed by atoms with E-state index in [4.69, 9.17) is 0 Å². The van der Waals surface area contributed by atoms with Crippen molar-refractivity contribution in [1.29, 1.82) is 0 Å². The smallest absolute Gasteiger partial charge is 0.264 e. The van der Waals surface area contributed by atoms with E-state index in [1.54, 1.807) is 0 Å². The third-order valence-corrected chi connectivity index (χ3v) is 17.7. The van der Waals surface area contributed by atoms with Crippen LogP contribution in [0.1, 0.15) is 183 Å². The van der Waals surface area contributed by atoms with E-state index in [1.807, 2.05) is 11.3 Å². The molecule has 3 heterocycles. The summed E-state index contributed by atoms with van der Waals surface area (Å²) in [6, 6.07) is 44.4. The summed E-state index contributed by atoms with van der Waals surface area (Å²) in [5.41, 5.74) is 22.8. The molecule has 4 heteroatoms. The van der Waals surface area contributed by atoms with Crippen molar-refractivity contribution >= 4 is 78.0 Å². The Hall–Kier alpha value is -5.06. The van der Waals surface area contributed by atoms with Crippen LogP contribution < -0.4 is 25.5 Å². The molecule has 70 heavy (non-hydrogen) atoms. The lowest BCUT2D eigenvalue weighted by Crippen LogP contribution is -2.60. The number of fused-ring (bicyclic) bond motifs is 7. The molecule has 6 aromatic carbocycles. The van der Waals surface area contributed by atoms with Gasteiger partial charge in [0.15, 0.2) is 0 Å².